The Hall–Kier alpha value is -1.79. The van der Waals surface area contributed by atoms with Gasteiger partial charge in [0.05, 0.1) is 6.42 Å². The maximum Gasteiger partial charge on any atom is 0.307 e. The number of nitrogens with zero attached hydrogens (tertiary/aromatic N) is 1. The summed E-state index contributed by atoms with van der Waals surface area (Å²) in [6.07, 6.45) is 7.94. The molecule has 0 spiro atoms. The first-order valence-corrected chi connectivity index (χ1v) is 6.21. The van der Waals surface area contributed by atoms with Crippen molar-refractivity contribution in [1.29, 1.82) is 0 Å². The second-order valence-corrected chi connectivity index (χ2v) is 4.74. The van der Waals surface area contributed by atoms with E-state index >= 15 is 0 Å². The molecule has 1 fully saturated rings. The fourth-order valence-corrected chi connectivity index (χ4v) is 2.41. The first-order chi connectivity index (χ1) is 8.67. The summed E-state index contributed by atoms with van der Waals surface area (Å²) < 4.78 is 0. The fraction of sp³-hybridized carbons (Fsp3) is 0.400. The Morgan fingerprint density at radius 3 is 2.56 bits per heavy atom. The summed E-state index contributed by atoms with van der Waals surface area (Å²) in [6.45, 7) is 3.10. The van der Waals surface area contributed by atoms with Gasteiger partial charge >= 0.3 is 5.97 Å². The molecule has 0 unspecified atom stereocenters. The molecule has 0 atom stereocenters. The first kappa shape index (κ1) is 12.7. The lowest BCUT2D eigenvalue weighted by Crippen LogP contribution is -2.18. The Kier molecular flexibility index (Phi) is 4.01. The molecule has 3 heteroatoms. The predicted molar refractivity (Wildman–Crippen MR) is 70.2 cm³/mol. The third-order valence-electron chi connectivity index (χ3n) is 3.18. The molecule has 18 heavy (non-hydrogen) atoms. The van der Waals surface area contributed by atoms with Gasteiger partial charge in [-0.05, 0) is 49.2 Å². The topological polar surface area (TPSA) is 40.5 Å². The van der Waals surface area contributed by atoms with Gasteiger partial charge in [-0.25, -0.2) is 0 Å². The minimum Gasteiger partial charge on any atom is -0.481 e. The Morgan fingerprint density at radius 1 is 1.28 bits per heavy atom. The number of carbonyl (C=O) groups is 1. The van der Waals surface area contributed by atoms with Gasteiger partial charge in [0.1, 0.15) is 0 Å². The van der Waals surface area contributed by atoms with Gasteiger partial charge < -0.3 is 5.11 Å². The van der Waals surface area contributed by atoms with Crippen LogP contribution in [0.4, 0.5) is 0 Å². The molecule has 0 bridgehead atoms. The zero-order chi connectivity index (χ0) is 13.0. The van der Waals surface area contributed by atoms with E-state index in [0.29, 0.717) is 0 Å². The van der Waals surface area contributed by atoms with Crippen molar-refractivity contribution in [3.8, 4) is 12.3 Å². The van der Waals surface area contributed by atoms with E-state index in [-0.39, 0.29) is 6.42 Å². The molecule has 0 saturated carbocycles. The van der Waals surface area contributed by atoms with E-state index in [1.807, 2.05) is 12.1 Å². The van der Waals surface area contributed by atoms with Crippen molar-refractivity contribution in [2.24, 2.45) is 0 Å². The molecular weight excluding hydrogens is 226 g/mol. The van der Waals surface area contributed by atoms with E-state index in [0.717, 1.165) is 36.3 Å². The number of likely N-dealkylation sites (tertiary alicyclic amines) is 1. The van der Waals surface area contributed by atoms with Gasteiger partial charge in [0.25, 0.3) is 0 Å². The maximum atomic E-state index is 10.8. The van der Waals surface area contributed by atoms with Crippen LogP contribution in [-0.2, 0) is 17.8 Å². The Labute approximate surface area is 107 Å². The van der Waals surface area contributed by atoms with Crippen LogP contribution < -0.4 is 0 Å². The highest BCUT2D eigenvalue weighted by Gasteiger charge is 2.12. The van der Waals surface area contributed by atoms with E-state index in [4.69, 9.17) is 11.5 Å². The van der Waals surface area contributed by atoms with Crippen molar-refractivity contribution >= 4 is 5.97 Å². The molecule has 1 aromatic carbocycles. The average molecular weight is 243 g/mol. The molecule has 0 aliphatic carbocycles. The van der Waals surface area contributed by atoms with E-state index in [9.17, 15) is 4.79 Å². The molecular formula is C15H17NO2. The number of hydrogen-bond donors (Lipinski definition) is 1. The number of carboxylic acid groups (broad SMARTS) is 1. The molecule has 1 aromatic rings. The van der Waals surface area contributed by atoms with Gasteiger partial charge in [-0.3, -0.25) is 9.69 Å². The summed E-state index contributed by atoms with van der Waals surface area (Å²) in [4.78, 5) is 13.1. The van der Waals surface area contributed by atoms with Crippen molar-refractivity contribution < 1.29 is 9.90 Å². The Morgan fingerprint density at radius 2 is 1.94 bits per heavy atom. The van der Waals surface area contributed by atoms with Gasteiger partial charge in [0, 0.05) is 12.1 Å². The minimum absolute atomic E-state index is 0.0303. The van der Waals surface area contributed by atoms with Crippen LogP contribution in [0.5, 0.6) is 0 Å². The first-order valence-electron chi connectivity index (χ1n) is 6.21. The van der Waals surface area contributed by atoms with Crippen LogP contribution in [0.15, 0.2) is 18.2 Å². The summed E-state index contributed by atoms with van der Waals surface area (Å²) >= 11 is 0. The number of terminal acetylenes is 1. The van der Waals surface area contributed by atoms with Crippen LogP contribution in [0.3, 0.4) is 0 Å². The van der Waals surface area contributed by atoms with Crippen molar-refractivity contribution in [2.75, 3.05) is 13.1 Å². The lowest BCUT2D eigenvalue weighted by molar-refractivity contribution is -0.136. The smallest absolute Gasteiger partial charge is 0.307 e. The van der Waals surface area contributed by atoms with E-state index in [1.165, 1.54) is 12.8 Å². The number of rotatable bonds is 4. The fourth-order valence-electron chi connectivity index (χ4n) is 2.41. The van der Waals surface area contributed by atoms with Crippen LogP contribution >= 0.6 is 0 Å². The number of benzene rings is 1. The summed E-state index contributed by atoms with van der Waals surface area (Å²) in [6, 6.07) is 5.71. The van der Waals surface area contributed by atoms with Crippen molar-refractivity contribution in [3.05, 3.63) is 34.9 Å². The molecule has 3 nitrogen and oxygen atoms in total. The normalized spacial score (nSPS) is 15.5. The number of carboxylic acids is 1. The second-order valence-electron chi connectivity index (χ2n) is 4.74. The quantitative estimate of drug-likeness (QED) is 0.821. The summed E-state index contributed by atoms with van der Waals surface area (Å²) in [5, 5.41) is 8.84. The molecule has 0 radical (unpaired) electrons. The lowest BCUT2D eigenvalue weighted by atomic mass is 10.0. The highest BCUT2D eigenvalue weighted by molar-refractivity contribution is 5.70. The molecule has 1 heterocycles. The molecule has 1 saturated heterocycles. The largest absolute Gasteiger partial charge is 0.481 e. The summed E-state index contributed by atoms with van der Waals surface area (Å²) in [7, 11) is 0. The van der Waals surface area contributed by atoms with Gasteiger partial charge in [-0.2, -0.15) is 0 Å². The lowest BCUT2D eigenvalue weighted by Gasteiger charge is -2.15. The zero-order valence-corrected chi connectivity index (χ0v) is 10.4. The van der Waals surface area contributed by atoms with Gasteiger partial charge in [-0.1, -0.05) is 12.0 Å². The van der Waals surface area contributed by atoms with Gasteiger partial charge in [0.2, 0.25) is 0 Å². The second kappa shape index (κ2) is 5.70. The molecule has 0 aromatic heterocycles. The number of aliphatic carboxylic acids is 1. The Balaban J connectivity index is 2.17. The van der Waals surface area contributed by atoms with Crippen LogP contribution in [0.1, 0.15) is 29.5 Å². The van der Waals surface area contributed by atoms with Gasteiger partial charge in [0.15, 0.2) is 0 Å². The van der Waals surface area contributed by atoms with Crippen LogP contribution in [0.2, 0.25) is 0 Å². The molecule has 2 rings (SSSR count). The minimum atomic E-state index is -0.823. The molecule has 1 aliphatic rings. The van der Waals surface area contributed by atoms with E-state index in [1.54, 1.807) is 6.07 Å². The molecule has 1 aliphatic heterocycles. The highest BCUT2D eigenvalue weighted by Crippen LogP contribution is 2.16. The monoisotopic (exact) mass is 243 g/mol. The van der Waals surface area contributed by atoms with E-state index < -0.39 is 5.97 Å². The summed E-state index contributed by atoms with van der Waals surface area (Å²) in [5.41, 5.74) is 2.67. The Bertz CT molecular complexity index is 482. The molecule has 1 N–H and O–H groups in total. The third-order valence-corrected chi connectivity index (χ3v) is 3.18. The van der Waals surface area contributed by atoms with Crippen LogP contribution in [0, 0.1) is 12.3 Å². The van der Waals surface area contributed by atoms with Crippen molar-refractivity contribution in [2.45, 2.75) is 25.8 Å². The molecule has 94 valence electrons. The van der Waals surface area contributed by atoms with Crippen LogP contribution in [-0.4, -0.2) is 29.1 Å². The van der Waals surface area contributed by atoms with Crippen molar-refractivity contribution in [1.82, 2.24) is 4.90 Å². The SMILES string of the molecule is C#Cc1cc(CC(=O)O)cc(CN2CCCC2)c1. The standard InChI is InChI=1S/C15H17NO2/c1-2-12-7-13(10-15(17)18)9-14(8-12)11-16-5-3-4-6-16/h1,7-9H,3-6,10-11H2,(H,17,18). The zero-order valence-electron chi connectivity index (χ0n) is 10.4. The van der Waals surface area contributed by atoms with Crippen LogP contribution in [0.25, 0.3) is 0 Å². The predicted octanol–water partition coefficient (Wildman–Crippen LogP) is 1.89. The van der Waals surface area contributed by atoms with Gasteiger partial charge in [-0.15, -0.1) is 6.42 Å². The molecule has 0 amide bonds. The highest BCUT2D eigenvalue weighted by atomic mass is 16.4. The average Bonchev–Trinajstić information content (AvgIpc) is 2.80. The third kappa shape index (κ3) is 3.35. The maximum absolute atomic E-state index is 10.8. The van der Waals surface area contributed by atoms with E-state index in [2.05, 4.69) is 10.8 Å². The van der Waals surface area contributed by atoms with Crippen molar-refractivity contribution in [3.63, 3.8) is 0 Å². The number of hydrogen-bond acceptors (Lipinski definition) is 2. The summed E-state index contributed by atoms with van der Waals surface area (Å²) in [5.74, 6) is 1.77.